The quantitative estimate of drug-likeness (QED) is 0.341. The topological polar surface area (TPSA) is 76.2 Å². The summed E-state index contributed by atoms with van der Waals surface area (Å²) in [4.78, 5) is 24.5. The fourth-order valence-electron chi connectivity index (χ4n) is 4.93. The molecule has 36 heavy (non-hydrogen) atoms. The van der Waals surface area contributed by atoms with Crippen LogP contribution in [0.1, 0.15) is 52.4 Å². The Kier molecular flexibility index (Phi) is 6.45. The average Bonchev–Trinajstić information content (AvgIpc) is 3.47. The molecule has 0 spiro atoms. The SMILES string of the molecule is CCCc1c(C)nc(C(=O)Nc2cccc(-c3cccc(-c4nc5c(o4)CN(C)C5)c3C)c2Cl)n1C. The number of amides is 1. The predicted molar refractivity (Wildman–Crippen MR) is 142 cm³/mol. The third-order valence-corrected chi connectivity index (χ3v) is 7.22. The van der Waals surface area contributed by atoms with Gasteiger partial charge in [0.2, 0.25) is 5.89 Å². The van der Waals surface area contributed by atoms with Crippen LogP contribution >= 0.6 is 11.6 Å². The van der Waals surface area contributed by atoms with Gasteiger partial charge in [-0.2, -0.15) is 0 Å². The number of rotatable bonds is 6. The van der Waals surface area contributed by atoms with Gasteiger partial charge < -0.3 is 14.3 Å². The number of oxazole rings is 1. The molecule has 4 aromatic rings. The monoisotopic (exact) mass is 503 g/mol. The Balaban J connectivity index is 1.46. The molecule has 8 heteroatoms. The standard InChI is InChI=1S/C28H30ClN5O2/c1-6-9-23-17(3)30-26(34(23)5)27(35)31-21-13-8-12-20(25(21)29)18-10-7-11-19(16(18)2)28-32-22-14-33(4)15-24(22)36-28/h7-8,10-13H,6,9,14-15H2,1-5H3,(H,31,35). The van der Waals surface area contributed by atoms with E-state index in [1.807, 2.05) is 55.8 Å². The molecular weight excluding hydrogens is 474 g/mol. The van der Waals surface area contributed by atoms with E-state index < -0.39 is 0 Å². The highest BCUT2D eigenvalue weighted by Crippen LogP contribution is 2.39. The minimum Gasteiger partial charge on any atom is -0.439 e. The van der Waals surface area contributed by atoms with Gasteiger partial charge in [0.15, 0.2) is 5.82 Å². The molecule has 7 nitrogen and oxygen atoms in total. The van der Waals surface area contributed by atoms with E-state index in [-0.39, 0.29) is 5.91 Å². The third-order valence-electron chi connectivity index (χ3n) is 6.82. The molecule has 0 saturated heterocycles. The highest BCUT2D eigenvalue weighted by atomic mass is 35.5. The number of aryl methyl sites for hydroxylation is 1. The van der Waals surface area contributed by atoms with Gasteiger partial charge in [0, 0.05) is 30.4 Å². The van der Waals surface area contributed by atoms with Gasteiger partial charge in [-0.3, -0.25) is 9.69 Å². The van der Waals surface area contributed by atoms with Gasteiger partial charge in [-0.25, -0.2) is 9.97 Å². The van der Waals surface area contributed by atoms with Crippen molar-refractivity contribution in [2.75, 3.05) is 12.4 Å². The molecule has 0 fully saturated rings. The number of benzene rings is 2. The summed E-state index contributed by atoms with van der Waals surface area (Å²) in [5.41, 5.74) is 7.21. The van der Waals surface area contributed by atoms with Crippen molar-refractivity contribution < 1.29 is 9.21 Å². The van der Waals surface area contributed by atoms with Crippen LogP contribution in [0.4, 0.5) is 5.69 Å². The van der Waals surface area contributed by atoms with Crippen molar-refractivity contribution in [1.82, 2.24) is 19.4 Å². The summed E-state index contributed by atoms with van der Waals surface area (Å²) in [6.07, 6.45) is 1.86. The number of carbonyl (C=O) groups excluding carboxylic acids is 1. The minimum absolute atomic E-state index is 0.285. The highest BCUT2D eigenvalue weighted by Gasteiger charge is 2.25. The summed E-state index contributed by atoms with van der Waals surface area (Å²) in [5.74, 6) is 1.64. The number of carbonyl (C=O) groups is 1. The van der Waals surface area contributed by atoms with Crippen molar-refractivity contribution >= 4 is 23.2 Å². The lowest BCUT2D eigenvalue weighted by Crippen LogP contribution is -2.18. The lowest BCUT2D eigenvalue weighted by molar-refractivity contribution is 0.101. The average molecular weight is 504 g/mol. The van der Waals surface area contributed by atoms with E-state index in [2.05, 4.69) is 29.2 Å². The fraction of sp³-hybridized carbons (Fsp3) is 0.321. The van der Waals surface area contributed by atoms with Crippen molar-refractivity contribution in [3.63, 3.8) is 0 Å². The van der Waals surface area contributed by atoms with Crippen LogP contribution in [0.15, 0.2) is 40.8 Å². The Morgan fingerprint density at radius 2 is 1.78 bits per heavy atom. The van der Waals surface area contributed by atoms with Crippen molar-refractivity contribution in [3.05, 3.63) is 75.7 Å². The van der Waals surface area contributed by atoms with Crippen LogP contribution in [0.3, 0.4) is 0 Å². The second-order valence-electron chi connectivity index (χ2n) is 9.44. The van der Waals surface area contributed by atoms with Crippen molar-refractivity contribution in [1.29, 1.82) is 0 Å². The number of hydrogen-bond donors (Lipinski definition) is 1. The first-order chi connectivity index (χ1) is 17.3. The predicted octanol–water partition coefficient (Wildman–Crippen LogP) is 6.16. The number of nitrogens with one attached hydrogen (secondary N) is 1. The van der Waals surface area contributed by atoms with Crippen molar-refractivity contribution in [2.45, 2.75) is 46.7 Å². The summed E-state index contributed by atoms with van der Waals surface area (Å²) in [6, 6.07) is 11.7. The largest absolute Gasteiger partial charge is 0.439 e. The number of nitrogens with zero attached hydrogens (tertiary/aromatic N) is 4. The van der Waals surface area contributed by atoms with E-state index in [1.54, 1.807) is 6.07 Å². The van der Waals surface area contributed by atoms with Gasteiger partial charge in [0.05, 0.1) is 28.6 Å². The van der Waals surface area contributed by atoms with Crippen molar-refractivity contribution in [2.24, 2.45) is 7.05 Å². The molecule has 5 rings (SSSR count). The van der Waals surface area contributed by atoms with Crippen LogP contribution < -0.4 is 5.32 Å². The number of hydrogen-bond acceptors (Lipinski definition) is 5. The maximum absolute atomic E-state index is 13.1. The molecule has 0 unspecified atom stereocenters. The van der Waals surface area contributed by atoms with Gasteiger partial charge in [-0.05, 0) is 50.6 Å². The Labute approximate surface area is 216 Å². The molecule has 1 amide bonds. The second-order valence-corrected chi connectivity index (χ2v) is 9.82. The zero-order valence-corrected chi connectivity index (χ0v) is 22.0. The van der Waals surface area contributed by atoms with E-state index in [1.165, 1.54) is 0 Å². The van der Waals surface area contributed by atoms with E-state index in [0.717, 1.165) is 71.0 Å². The molecule has 3 heterocycles. The van der Waals surface area contributed by atoms with Crippen LogP contribution in [0.2, 0.25) is 5.02 Å². The molecule has 1 N–H and O–H groups in total. The Morgan fingerprint density at radius 3 is 2.53 bits per heavy atom. The molecule has 2 aromatic carbocycles. The van der Waals surface area contributed by atoms with E-state index in [9.17, 15) is 4.79 Å². The van der Waals surface area contributed by atoms with Gasteiger partial charge in [0.25, 0.3) is 5.91 Å². The van der Waals surface area contributed by atoms with Crippen LogP contribution in [-0.4, -0.2) is 32.4 Å². The molecule has 1 aliphatic heterocycles. The smallest absolute Gasteiger partial charge is 0.291 e. The maximum atomic E-state index is 13.1. The molecule has 0 bridgehead atoms. The molecule has 0 radical (unpaired) electrons. The number of halogens is 1. The zero-order chi connectivity index (χ0) is 25.6. The van der Waals surface area contributed by atoms with E-state index in [4.69, 9.17) is 21.0 Å². The van der Waals surface area contributed by atoms with Gasteiger partial charge in [-0.15, -0.1) is 0 Å². The summed E-state index contributed by atoms with van der Waals surface area (Å²) in [6.45, 7) is 7.65. The van der Waals surface area contributed by atoms with Gasteiger partial charge in [0.1, 0.15) is 5.76 Å². The van der Waals surface area contributed by atoms with Crippen LogP contribution in [0, 0.1) is 13.8 Å². The number of anilines is 1. The van der Waals surface area contributed by atoms with Crippen LogP contribution in [-0.2, 0) is 26.6 Å². The van der Waals surface area contributed by atoms with E-state index in [0.29, 0.717) is 22.4 Å². The third kappa shape index (κ3) is 4.22. The molecule has 2 aromatic heterocycles. The summed E-state index contributed by atoms with van der Waals surface area (Å²) >= 11 is 6.86. The second kappa shape index (κ2) is 9.56. The minimum atomic E-state index is -0.285. The summed E-state index contributed by atoms with van der Waals surface area (Å²) in [5, 5.41) is 3.44. The van der Waals surface area contributed by atoms with Gasteiger partial charge >= 0.3 is 0 Å². The molecule has 0 atom stereocenters. The number of aromatic nitrogens is 3. The lowest BCUT2D eigenvalue weighted by atomic mass is 9.96. The zero-order valence-electron chi connectivity index (χ0n) is 21.3. The highest BCUT2D eigenvalue weighted by molar-refractivity contribution is 6.36. The van der Waals surface area contributed by atoms with Crippen LogP contribution in [0.25, 0.3) is 22.6 Å². The van der Waals surface area contributed by atoms with E-state index >= 15 is 0 Å². The number of imidazole rings is 1. The van der Waals surface area contributed by atoms with Crippen molar-refractivity contribution in [3.8, 4) is 22.6 Å². The molecule has 186 valence electrons. The molecule has 0 aliphatic carbocycles. The normalized spacial score (nSPS) is 13.3. The Bertz CT molecular complexity index is 1450. The Hall–Kier alpha value is -3.42. The molecular formula is C28H30ClN5O2. The molecule has 0 saturated carbocycles. The first-order valence-electron chi connectivity index (χ1n) is 12.2. The Morgan fingerprint density at radius 1 is 1.06 bits per heavy atom. The number of fused-ring (bicyclic) bond motifs is 1. The first-order valence-corrected chi connectivity index (χ1v) is 12.6. The van der Waals surface area contributed by atoms with Crippen LogP contribution in [0.5, 0.6) is 0 Å². The summed E-state index contributed by atoms with van der Waals surface area (Å²) < 4.78 is 7.96. The fourth-order valence-corrected chi connectivity index (χ4v) is 5.21. The van der Waals surface area contributed by atoms with Gasteiger partial charge in [-0.1, -0.05) is 49.2 Å². The molecule has 1 aliphatic rings. The summed E-state index contributed by atoms with van der Waals surface area (Å²) in [7, 11) is 3.93. The first kappa shape index (κ1) is 24.3. The maximum Gasteiger partial charge on any atom is 0.291 e. The lowest BCUT2D eigenvalue weighted by Gasteiger charge is -2.14.